The van der Waals surface area contributed by atoms with Gasteiger partial charge in [0.15, 0.2) is 17.3 Å². The van der Waals surface area contributed by atoms with Gasteiger partial charge in [0.1, 0.15) is 0 Å². The van der Waals surface area contributed by atoms with Gasteiger partial charge in [0.2, 0.25) is 0 Å². The minimum Gasteiger partial charge on any atom is -0.450 e. The molecule has 5 aliphatic rings. The number of fused-ring (bicyclic) bond motifs is 2. The number of likely N-dealkylation sites (tertiary alicyclic amines) is 1. The van der Waals surface area contributed by atoms with Crippen molar-refractivity contribution in [3.8, 4) is 11.5 Å². The van der Waals surface area contributed by atoms with Crippen molar-refractivity contribution in [3.63, 3.8) is 0 Å². The summed E-state index contributed by atoms with van der Waals surface area (Å²) in [4.78, 5) is 22.6. The first-order valence-corrected chi connectivity index (χ1v) is 16.8. The van der Waals surface area contributed by atoms with Gasteiger partial charge in [-0.05, 0) is 101 Å². The van der Waals surface area contributed by atoms with E-state index < -0.39 is 0 Å². The number of benzene rings is 1. The van der Waals surface area contributed by atoms with E-state index in [4.69, 9.17) is 19.9 Å². The second kappa shape index (κ2) is 13.4. The molecule has 0 radical (unpaired) electrons. The number of anilines is 2. The Morgan fingerprint density at radius 3 is 2.59 bits per heavy atom. The van der Waals surface area contributed by atoms with Crippen LogP contribution in [-0.2, 0) is 9.47 Å². The zero-order chi connectivity index (χ0) is 30.0. The SMILES string of the molecule is COCCN(C1CCNCC1)C1COC1CN1CCC(c2ccc3c(c2)Nc2nc(=O)n(C4CCC(N)CC4)cc2O3)CC1. The quantitative estimate of drug-likeness (QED) is 0.335. The molecule has 11 nitrogen and oxygen atoms in total. The largest absolute Gasteiger partial charge is 0.450 e. The highest BCUT2D eigenvalue weighted by Gasteiger charge is 2.41. The molecule has 11 heteroatoms. The molecule has 4 aliphatic heterocycles. The fourth-order valence-electron chi connectivity index (χ4n) is 7.95. The lowest BCUT2D eigenvalue weighted by atomic mass is 9.88. The average Bonchev–Trinajstić information content (AvgIpc) is 3.04. The van der Waals surface area contributed by atoms with Crippen LogP contribution in [0, 0.1) is 0 Å². The van der Waals surface area contributed by atoms with Crippen LogP contribution in [0.2, 0.25) is 0 Å². The number of piperidine rings is 2. The molecule has 4 fully saturated rings. The number of methoxy groups -OCH3 is 1. The van der Waals surface area contributed by atoms with Crippen LogP contribution in [0.4, 0.5) is 11.5 Å². The number of aromatic nitrogens is 2. The van der Waals surface area contributed by atoms with Gasteiger partial charge in [-0.3, -0.25) is 9.47 Å². The Bertz CT molecular complexity index is 1330. The number of rotatable bonds is 9. The van der Waals surface area contributed by atoms with Gasteiger partial charge >= 0.3 is 5.69 Å². The van der Waals surface area contributed by atoms with E-state index in [0.29, 0.717) is 29.6 Å². The summed E-state index contributed by atoms with van der Waals surface area (Å²) >= 11 is 0. The van der Waals surface area contributed by atoms with E-state index >= 15 is 0 Å². The minimum absolute atomic E-state index is 0.129. The van der Waals surface area contributed by atoms with Gasteiger partial charge in [0.05, 0.1) is 37.2 Å². The van der Waals surface area contributed by atoms with E-state index in [2.05, 4.69) is 43.6 Å². The maximum Gasteiger partial charge on any atom is 0.350 e. The van der Waals surface area contributed by atoms with Crippen molar-refractivity contribution in [2.45, 2.75) is 87.6 Å². The Labute approximate surface area is 260 Å². The Hall–Kier alpha value is -2.54. The smallest absolute Gasteiger partial charge is 0.350 e. The molecule has 2 atom stereocenters. The maximum absolute atomic E-state index is 12.9. The summed E-state index contributed by atoms with van der Waals surface area (Å²) in [5.74, 6) is 2.36. The van der Waals surface area contributed by atoms with Crippen molar-refractivity contribution in [1.29, 1.82) is 0 Å². The molecular formula is C33H49N7O4. The zero-order valence-electron chi connectivity index (χ0n) is 26.1. The molecule has 4 N–H and O–H groups in total. The number of hydrogen-bond acceptors (Lipinski definition) is 10. The molecule has 7 rings (SSSR count). The van der Waals surface area contributed by atoms with Gasteiger partial charge in [-0.25, -0.2) is 4.79 Å². The number of nitrogens with one attached hydrogen (secondary N) is 2. The lowest BCUT2D eigenvalue weighted by Gasteiger charge is -2.50. The third-order valence-electron chi connectivity index (χ3n) is 10.7. The van der Waals surface area contributed by atoms with Gasteiger partial charge in [0.25, 0.3) is 0 Å². The third-order valence-corrected chi connectivity index (χ3v) is 10.7. The van der Waals surface area contributed by atoms with Crippen LogP contribution in [0.25, 0.3) is 0 Å². The Balaban J connectivity index is 0.947. The lowest BCUT2D eigenvalue weighted by Crippen LogP contribution is -2.63. The molecular weight excluding hydrogens is 558 g/mol. The molecule has 240 valence electrons. The molecule has 5 heterocycles. The summed E-state index contributed by atoms with van der Waals surface area (Å²) in [6.45, 7) is 7.93. The van der Waals surface area contributed by atoms with Crippen molar-refractivity contribution < 1.29 is 14.2 Å². The number of ether oxygens (including phenoxy) is 3. The van der Waals surface area contributed by atoms with Crippen LogP contribution in [0.15, 0.2) is 29.2 Å². The molecule has 0 spiro atoms. The van der Waals surface area contributed by atoms with Gasteiger partial charge in [-0.15, -0.1) is 0 Å². The summed E-state index contributed by atoms with van der Waals surface area (Å²) in [5, 5.41) is 6.90. The van der Waals surface area contributed by atoms with Crippen molar-refractivity contribution in [2.75, 3.05) is 64.9 Å². The molecule has 2 aromatic rings. The summed E-state index contributed by atoms with van der Waals surface area (Å²) in [5.41, 5.74) is 8.03. The van der Waals surface area contributed by atoms with Crippen LogP contribution in [0.1, 0.15) is 68.9 Å². The van der Waals surface area contributed by atoms with Crippen LogP contribution in [0.5, 0.6) is 11.5 Å². The highest BCUT2D eigenvalue weighted by atomic mass is 16.5. The van der Waals surface area contributed by atoms with Gasteiger partial charge in [0, 0.05) is 38.3 Å². The zero-order valence-corrected chi connectivity index (χ0v) is 26.1. The van der Waals surface area contributed by atoms with Gasteiger partial charge in [-0.2, -0.15) is 4.98 Å². The molecule has 1 aliphatic carbocycles. The summed E-state index contributed by atoms with van der Waals surface area (Å²) in [7, 11) is 1.80. The molecule has 44 heavy (non-hydrogen) atoms. The Morgan fingerprint density at radius 2 is 1.86 bits per heavy atom. The topological polar surface area (TPSA) is 119 Å². The molecule has 1 aromatic carbocycles. The molecule has 0 amide bonds. The van der Waals surface area contributed by atoms with Crippen LogP contribution < -0.4 is 26.8 Å². The van der Waals surface area contributed by atoms with Crippen LogP contribution in [0.3, 0.4) is 0 Å². The summed E-state index contributed by atoms with van der Waals surface area (Å²) in [6.07, 6.45) is 10.4. The highest BCUT2D eigenvalue weighted by molar-refractivity contribution is 5.73. The lowest BCUT2D eigenvalue weighted by molar-refractivity contribution is -0.158. The monoisotopic (exact) mass is 607 g/mol. The molecule has 1 saturated carbocycles. The maximum atomic E-state index is 12.9. The number of nitrogens with two attached hydrogens (primary N) is 1. The summed E-state index contributed by atoms with van der Waals surface area (Å²) in [6, 6.07) is 7.92. The van der Waals surface area contributed by atoms with Crippen LogP contribution >= 0.6 is 0 Å². The Kier molecular flexibility index (Phi) is 9.21. The normalized spacial score (nSPS) is 28.1. The predicted octanol–water partition coefficient (Wildman–Crippen LogP) is 3.18. The van der Waals surface area contributed by atoms with Gasteiger partial charge in [-0.1, -0.05) is 6.07 Å². The number of hydrogen-bond donors (Lipinski definition) is 3. The van der Waals surface area contributed by atoms with E-state index in [0.717, 1.165) is 102 Å². The predicted molar refractivity (Wildman–Crippen MR) is 170 cm³/mol. The summed E-state index contributed by atoms with van der Waals surface area (Å²) < 4.78 is 19.6. The van der Waals surface area contributed by atoms with E-state index in [1.165, 1.54) is 18.4 Å². The fraction of sp³-hybridized carbons (Fsp3) is 0.697. The second-order valence-electron chi connectivity index (χ2n) is 13.4. The van der Waals surface area contributed by atoms with E-state index in [1.807, 2.05) is 6.20 Å². The molecule has 3 saturated heterocycles. The fourth-order valence-corrected chi connectivity index (χ4v) is 7.95. The van der Waals surface area contributed by atoms with E-state index in [-0.39, 0.29) is 23.9 Å². The Morgan fingerprint density at radius 1 is 1.07 bits per heavy atom. The van der Waals surface area contributed by atoms with Crippen molar-refractivity contribution in [3.05, 3.63) is 40.4 Å². The first-order valence-electron chi connectivity index (χ1n) is 16.8. The van der Waals surface area contributed by atoms with E-state index in [9.17, 15) is 4.79 Å². The number of nitrogens with zero attached hydrogens (tertiary/aromatic N) is 4. The first-order chi connectivity index (χ1) is 21.6. The second-order valence-corrected chi connectivity index (χ2v) is 13.4. The molecule has 1 aromatic heterocycles. The minimum atomic E-state index is -0.234. The molecule has 2 unspecified atom stereocenters. The van der Waals surface area contributed by atoms with Crippen molar-refractivity contribution >= 4 is 11.5 Å². The van der Waals surface area contributed by atoms with Crippen molar-refractivity contribution in [2.24, 2.45) is 5.73 Å². The average molecular weight is 608 g/mol. The standard InChI is InChI=1S/C33H49N7O4/c1-42-17-16-39(26-8-12-35-13-9-26)28-21-43-30(28)19-38-14-10-22(11-15-38)23-2-7-29-27(18-23)36-32-31(44-29)20-40(33(41)37-32)25-5-3-24(34)4-6-25/h2,7,18,20,22,24-26,28,30,35H,3-6,8-17,19,21,34H2,1H3,(H,36,37,41). The van der Waals surface area contributed by atoms with E-state index in [1.54, 1.807) is 11.7 Å². The first kappa shape index (κ1) is 30.1. The highest BCUT2D eigenvalue weighted by Crippen LogP contribution is 2.43. The van der Waals surface area contributed by atoms with Crippen molar-refractivity contribution in [1.82, 2.24) is 24.7 Å². The third kappa shape index (κ3) is 6.41. The van der Waals surface area contributed by atoms with Crippen LogP contribution in [-0.4, -0.2) is 103 Å². The molecule has 0 bridgehead atoms. The van der Waals surface area contributed by atoms with Gasteiger partial charge < -0.3 is 35.5 Å².